The number of hydrogen-bond acceptors (Lipinski definition) is 9. The highest BCUT2D eigenvalue weighted by atomic mass is 32.2. The van der Waals surface area contributed by atoms with Crippen molar-refractivity contribution in [2.45, 2.75) is 26.8 Å². The van der Waals surface area contributed by atoms with Gasteiger partial charge in [0.05, 0.1) is 37.6 Å². The van der Waals surface area contributed by atoms with Crippen LogP contribution in [-0.4, -0.2) is 48.9 Å². The molecule has 10 heteroatoms. The van der Waals surface area contributed by atoms with Gasteiger partial charge in [-0.2, -0.15) is 0 Å². The molecule has 37 heavy (non-hydrogen) atoms. The number of amidine groups is 1. The van der Waals surface area contributed by atoms with Crippen LogP contribution in [0, 0.1) is 0 Å². The van der Waals surface area contributed by atoms with Crippen molar-refractivity contribution in [3.63, 3.8) is 0 Å². The summed E-state index contributed by atoms with van der Waals surface area (Å²) in [7, 11) is 1.58. The topological polar surface area (TPSA) is 98.7 Å². The molecule has 194 valence electrons. The number of allylic oxidation sites excluding steroid dienone is 1. The number of fused-ring (bicyclic) bond motifs is 1. The molecule has 0 spiro atoms. The molecule has 0 bridgehead atoms. The van der Waals surface area contributed by atoms with Gasteiger partial charge in [-0.3, -0.25) is 4.79 Å². The van der Waals surface area contributed by atoms with E-state index in [0.29, 0.717) is 40.8 Å². The molecule has 4 rings (SSSR count). The number of carbonyl (C=O) groups is 2. The average molecular weight is 524 g/mol. The van der Waals surface area contributed by atoms with E-state index in [1.807, 2.05) is 42.5 Å². The molecule has 0 aliphatic carbocycles. The molecule has 1 atom stereocenters. The van der Waals surface area contributed by atoms with E-state index in [-0.39, 0.29) is 19.1 Å². The summed E-state index contributed by atoms with van der Waals surface area (Å²) >= 11 is 1.49. The summed E-state index contributed by atoms with van der Waals surface area (Å²) in [4.78, 5) is 31.9. The van der Waals surface area contributed by atoms with Gasteiger partial charge in [0.15, 0.2) is 23.3 Å². The molecular formula is C27H29N3O6S. The second-order valence-electron chi connectivity index (χ2n) is 8.03. The second kappa shape index (κ2) is 11.9. The Kier molecular flexibility index (Phi) is 8.39. The molecule has 0 saturated heterocycles. The molecule has 0 unspecified atom stereocenters. The first-order valence-electron chi connectivity index (χ1n) is 11.9. The minimum absolute atomic E-state index is 0.204. The van der Waals surface area contributed by atoms with E-state index < -0.39 is 12.0 Å². The zero-order valence-electron chi connectivity index (χ0n) is 21.1. The summed E-state index contributed by atoms with van der Waals surface area (Å²) in [5.74, 6) is 0.868. The van der Waals surface area contributed by atoms with Crippen molar-refractivity contribution in [1.29, 1.82) is 0 Å². The number of methoxy groups -OCH3 is 1. The SMILES string of the molecule is CCOC(=O)C1=C(C)N=C2SC=CN2[C@@H]1c1ccc(OCC(=O)Nc2ccc(OC)cc2)c(OCC)c1. The number of amides is 1. The van der Waals surface area contributed by atoms with Gasteiger partial charge in [-0.25, -0.2) is 9.79 Å². The minimum Gasteiger partial charge on any atom is -0.497 e. The molecule has 1 N–H and O–H groups in total. The Morgan fingerprint density at radius 3 is 2.54 bits per heavy atom. The number of anilines is 1. The van der Waals surface area contributed by atoms with Gasteiger partial charge >= 0.3 is 5.97 Å². The van der Waals surface area contributed by atoms with Gasteiger partial charge in [-0.1, -0.05) is 17.8 Å². The molecule has 1 amide bonds. The average Bonchev–Trinajstić information content (AvgIpc) is 3.36. The summed E-state index contributed by atoms with van der Waals surface area (Å²) in [6.07, 6.45) is 1.90. The van der Waals surface area contributed by atoms with Crippen LogP contribution >= 0.6 is 11.8 Å². The van der Waals surface area contributed by atoms with E-state index in [1.54, 1.807) is 44.4 Å². The fraction of sp³-hybridized carbons (Fsp3) is 0.296. The second-order valence-corrected chi connectivity index (χ2v) is 8.90. The number of esters is 1. The first-order valence-corrected chi connectivity index (χ1v) is 12.7. The quantitative estimate of drug-likeness (QED) is 0.440. The molecule has 2 heterocycles. The fourth-order valence-electron chi connectivity index (χ4n) is 4.00. The highest BCUT2D eigenvalue weighted by molar-refractivity contribution is 8.16. The van der Waals surface area contributed by atoms with Crippen LogP contribution in [0.5, 0.6) is 17.2 Å². The fourth-order valence-corrected chi connectivity index (χ4v) is 4.79. The molecule has 0 aromatic heterocycles. The Morgan fingerprint density at radius 1 is 1.05 bits per heavy atom. The number of nitrogens with one attached hydrogen (secondary N) is 1. The van der Waals surface area contributed by atoms with E-state index in [9.17, 15) is 9.59 Å². The maximum atomic E-state index is 12.9. The van der Waals surface area contributed by atoms with Crippen LogP contribution in [0.1, 0.15) is 32.4 Å². The molecular weight excluding hydrogens is 494 g/mol. The summed E-state index contributed by atoms with van der Waals surface area (Å²) in [6, 6.07) is 12.0. The normalized spacial score (nSPS) is 16.2. The van der Waals surface area contributed by atoms with Gasteiger partial charge in [0.2, 0.25) is 0 Å². The highest BCUT2D eigenvalue weighted by Gasteiger charge is 2.37. The van der Waals surface area contributed by atoms with E-state index in [1.165, 1.54) is 11.8 Å². The molecule has 0 fully saturated rings. The van der Waals surface area contributed by atoms with Gasteiger partial charge in [0.1, 0.15) is 5.75 Å². The molecule has 0 saturated carbocycles. The van der Waals surface area contributed by atoms with Crippen LogP contribution in [0.3, 0.4) is 0 Å². The molecule has 9 nitrogen and oxygen atoms in total. The van der Waals surface area contributed by atoms with Gasteiger partial charge in [0, 0.05) is 11.9 Å². The number of rotatable bonds is 10. The number of carbonyl (C=O) groups excluding carboxylic acids is 2. The first kappa shape index (κ1) is 26.2. The predicted molar refractivity (Wildman–Crippen MR) is 143 cm³/mol. The maximum absolute atomic E-state index is 12.9. The standard InChI is InChI=1S/C27H29N3O6S/c1-5-34-22-15-18(25-24(26(32)35-6-2)17(3)28-27-30(25)13-14-37-27)7-12-21(22)36-16-23(31)29-19-8-10-20(33-4)11-9-19/h7-15,25H,5-6,16H2,1-4H3,(H,29,31)/t25-/m1/s1. The number of nitrogens with zero attached hydrogens (tertiary/aromatic N) is 2. The Morgan fingerprint density at radius 2 is 1.84 bits per heavy atom. The number of hydrogen-bond donors (Lipinski definition) is 1. The van der Waals surface area contributed by atoms with Crippen molar-refractivity contribution in [2.24, 2.45) is 4.99 Å². The third-order valence-corrected chi connectivity index (χ3v) is 6.40. The van der Waals surface area contributed by atoms with Crippen molar-refractivity contribution >= 4 is 34.5 Å². The van der Waals surface area contributed by atoms with Crippen molar-refractivity contribution in [2.75, 3.05) is 32.2 Å². The lowest BCUT2D eigenvalue weighted by atomic mass is 9.94. The number of benzene rings is 2. The minimum atomic E-state index is -0.440. The van der Waals surface area contributed by atoms with Gasteiger partial charge in [-0.15, -0.1) is 0 Å². The predicted octanol–water partition coefficient (Wildman–Crippen LogP) is 4.88. The van der Waals surface area contributed by atoms with Gasteiger partial charge in [0.25, 0.3) is 5.91 Å². The number of aliphatic imine (C=N–C) groups is 1. The zero-order chi connectivity index (χ0) is 26.4. The smallest absolute Gasteiger partial charge is 0.338 e. The third-order valence-electron chi connectivity index (χ3n) is 5.63. The summed E-state index contributed by atoms with van der Waals surface area (Å²) in [6.45, 7) is 5.91. The Hall–Kier alpha value is -3.92. The van der Waals surface area contributed by atoms with Crippen LogP contribution in [-0.2, 0) is 14.3 Å². The Bertz CT molecular complexity index is 1260. The van der Waals surface area contributed by atoms with Crippen LogP contribution < -0.4 is 19.5 Å². The van der Waals surface area contributed by atoms with Crippen LogP contribution in [0.25, 0.3) is 0 Å². The van der Waals surface area contributed by atoms with E-state index >= 15 is 0 Å². The van der Waals surface area contributed by atoms with Gasteiger partial charge in [-0.05, 0) is 68.1 Å². The van der Waals surface area contributed by atoms with E-state index in [2.05, 4.69) is 10.3 Å². The van der Waals surface area contributed by atoms with Crippen molar-refractivity contribution in [1.82, 2.24) is 4.90 Å². The lowest BCUT2D eigenvalue weighted by Crippen LogP contribution is -2.34. The molecule has 0 radical (unpaired) electrons. The van der Waals surface area contributed by atoms with E-state index in [0.717, 1.165) is 10.7 Å². The molecule has 2 aromatic carbocycles. The van der Waals surface area contributed by atoms with Crippen LogP contribution in [0.4, 0.5) is 5.69 Å². The number of thioether (sulfide) groups is 1. The number of ether oxygens (including phenoxy) is 4. The molecule has 2 aromatic rings. The lowest BCUT2D eigenvalue weighted by Gasteiger charge is -2.33. The van der Waals surface area contributed by atoms with Crippen molar-refractivity contribution < 1.29 is 28.5 Å². The third kappa shape index (κ3) is 5.91. The van der Waals surface area contributed by atoms with Crippen molar-refractivity contribution in [3.8, 4) is 17.2 Å². The van der Waals surface area contributed by atoms with E-state index in [4.69, 9.17) is 18.9 Å². The monoisotopic (exact) mass is 523 g/mol. The molecule has 2 aliphatic heterocycles. The summed E-state index contributed by atoms with van der Waals surface area (Å²) in [5.41, 5.74) is 2.52. The maximum Gasteiger partial charge on any atom is 0.338 e. The largest absolute Gasteiger partial charge is 0.497 e. The van der Waals surface area contributed by atoms with Crippen LogP contribution in [0.15, 0.2) is 70.3 Å². The van der Waals surface area contributed by atoms with Crippen LogP contribution in [0.2, 0.25) is 0 Å². The lowest BCUT2D eigenvalue weighted by molar-refractivity contribution is -0.139. The first-order chi connectivity index (χ1) is 17.9. The Labute approximate surface area is 220 Å². The highest BCUT2D eigenvalue weighted by Crippen LogP contribution is 2.43. The Balaban J connectivity index is 1.55. The van der Waals surface area contributed by atoms with Gasteiger partial charge < -0.3 is 29.2 Å². The summed E-state index contributed by atoms with van der Waals surface area (Å²) in [5, 5.41) is 5.50. The van der Waals surface area contributed by atoms with Crippen molar-refractivity contribution in [3.05, 3.63) is 70.9 Å². The molecule has 2 aliphatic rings. The summed E-state index contributed by atoms with van der Waals surface area (Å²) < 4.78 is 22.1. The zero-order valence-corrected chi connectivity index (χ0v) is 22.0.